The van der Waals surface area contributed by atoms with E-state index < -0.39 is 0 Å². The van der Waals surface area contributed by atoms with Crippen LogP contribution < -0.4 is 5.32 Å². The quantitative estimate of drug-likeness (QED) is 0.780. The molecule has 1 rings (SSSR count). The van der Waals surface area contributed by atoms with Crippen molar-refractivity contribution in [1.82, 2.24) is 5.32 Å². The van der Waals surface area contributed by atoms with Crippen LogP contribution in [0.1, 0.15) is 36.6 Å². The Morgan fingerprint density at radius 2 is 2.00 bits per heavy atom. The molecule has 1 aromatic heterocycles. The van der Waals surface area contributed by atoms with Gasteiger partial charge in [-0.2, -0.15) is 0 Å². The van der Waals surface area contributed by atoms with E-state index in [1.54, 1.807) is 0 Å². The average Bonchev–Trinajstić information content (AvgIpc) is 2.47. The molecule has 0 aliphatic carbocycles. The average molecular weight is 197 g/mol. The van der Waals surface area contributed by atoms with Crippen molar-refractivity contribution in [3.8, 4) is 0 Å². The minimum Gasteiger partial charge on any atom is -0.309 e. The van der Waals surface area contributed by atoms with Gasteiger partial charge in [-0.15, -0.1) is 11.3 Å². The molecule has 74 valence electrons. The van der Waals surface area contributed by atoms with E-state index in [1.165, 1.54) is 9.75 Å². The molecule has 0 bridgehead atoms. The topological polar surface area (TPSA) is 12.0 Å². The van der Waals surface area contributed by atoms with Crippen molar-refractivity contribution in [2.24, 2.45) is 5.92 Å². The standard InChI is InChI=1S/C11H19NS/c1-8(2)7-12-10(4)11-6-5-9(3)13-11/h5-6,8,10,12H,7H2,1-4H3/t10-/m0/s1. The minimum atomic E-state index is 0.501. The molecular formula is C11H19NS. The van der Waals surface area contributed by atoms with Gasteiger partial charge in [0.2, 0.25) is 0 Å². The van der Waals surface area contributed by atoms with Gasteiger partial charge >= 0.3 is 0 Å². The molecule has 1 nitrogen and oxygen atoms in total. The number of rotatable bonds is 4. The first-order valence-electron chi connectivity index (χ1n) is 4.89. The monoisotopic (exact) mass is 197 g/mol. The van der Waals surface area contributed by atoms with E-state index in [4.69, 9.17) is 0 Å². The molecule has 0 saturated carbocycles. The smallest absolute Gasteiger partial charge is 0.0386 e. The predicted octanol–water partition coefficient (Wildman–Crippen LogP) is 3.36. The summed E-state index contributed by atoms with van der Waals surface area (Å²) in [6.45, 7) is 9.95. The second-order valence-corrected chi connectivity index (χ2v) is 5.29. The largest absolute Gasteiger partial charge is 0.309 e. The highest BCUT2D eigenvalue weighted by atomic mass is 32.1. The fourth-order valence-corrected chi connectivity index (χ4v) is 2.10. The summed E-state index contributed by atoms with van der Waals surface area (Å²) in [5.74, 6) is 0.725. The highest BCUT2D eigenvalue weighted by molar-refractivity contribution is 7.12. The van der Waals surface area contributed by atoms with E-state index >= 15 is 0 Å². The number of hydrogen-bond acceptors (Lipinski definition) is 2. The van der Waals surface area contributed by atoms with Gasteiger partial charge in [-0.25, -0.2) is 0 Å². The van der Waals surface area contributed by atoms with Crippen LogP contribution in [-0.4, -0.2) is 6.54 Å². The van der Waals surface area contributed by atoms with Crippen LogP contribution >= 0.6 is 11.3 Å². The first kappa shape index (κ1) is 10.7. The lowest BCUT2D eigenvalue weighted by atomic mass is 10.2. The molecule has 0 radical (unpaired) electrons. The normalized spacial score (nSPS) is 13.6. The summed E-state index contributed by atoms with van der Waals surface area (Å²) in [4.78, 5) is 2.84. The van der Waals surface area contributed by atoms with Crippen LogP contribution in [0.4, 0.5) is 0 Å². The van der Waals surface area contributed by atoms with Crippen molar-refractivity contribution in [3.05, 3.63) is 21.9 Å². The second kappa shape index (κ2) is 4.77. The molecule has 0 fully saturated rings. The Bertz CT molecular complexity index is 252. The van der Waals surface area contributed by atoms with Crippen molar-refractivity contribution < 1.29 is 0 Å². The third-order valence-electron chi connectivity index (χ3n) is 2.02. The summed E-state index contributed by atoms with van der Waals surface area (Å²) in [6, 6.07) is 4.91. The lowest BCUT2D eigenvalue weighted by molar-refractivity contribution is 0.500. The Hall–Kier alpha value is -0.340. The van der Waals surface area contributed by atoms with Gasteiger partial charge in [0.25, 0.3) is 0 Å². The maximum Gasteiger partial charge on any atom is 0.0386 e. The highest BCUT2D eigenvalue weighted by Gasteiger charge is 2.06. The predicted molar refractivity (Wildman–Crippen MR) is 60.3 cm³/mol. The molecule has 0 aliphatic heterocycles. The van der Waals surface area contributed by atoms with Crippen molar-refractivity contribution in [2.45, 2.75) is 33.7 Å². The second-order valence-electron chi connectivity index (χ2n) is 3.97. The molecule has 1 atom stereocenters. The van der Waals surface area contributed by atoms with Crippen LogP contribution in [0.5, 0.6) is 0 Å². The van der Waals surface area contributed by atoms with E-state index in [-0.39, 0.29) is 0 Å². The SMILES string of the molecule is Cc1ccc([C@H](C)NCC(C)C)s1. The Balaban J connectivity index is 2.44. The Kier molecular flexibility index (Phi) is 3.94. The van der Waals surface area contributed by atoms with E-state index in [0.29, 0.717) is 6.04 Å². The van der Waals surface area contributed by atoms with Crippen LogP contribution in [0, 0.1) is 12.8 Å². The van der Waals surface area contributed by atoms with Gasteiger partial charge in [0.15, 0.2) is 0 Å². The molecule has 0 saturated heterocycles. The molecular weight excluding hydrogens is 178 g/mol. The first-order valence-corrected chi connectivity index (χ1v) is 5.71. The lowest BCUT2D eigenvalue weighted by Crippen LogP contribution is -2.22. The van der Waals surface area contributed by atoms with Crippen molar-refractivity contribution in [2.75, 3.05) is 6.54 Å². The van der Waals surface area contributed by atoms with Crippen LogP contribution in [0.2, 0.25) is 0 Å². The summed E-state index contributed by atoms with van der Waals surface area (Å²) >= 11 is 1.89. The molecule has 13 heavy (non-hydrogen) atoms. The molecule has 0 amide bonds. The first-order chi connectivity index (χ1) is 6.09. The van der Waals surface area contributed by atoms with Gasteiger partial charge in [0, 0.05) is 15.8 Å². The van der Waals surface area contributed by atoms with Gasteiger partial charge in [0.1, 0.15) is 0 Å². The third-order valence-corrected chi connectivity index (χ3v) is 3.20. The van der Waals surface area contributed by atoms with Crippen LogP contribution in [0.3, 0.4) is 0 Å². The molecule has 0 spiro atoms. The summed E-state index contributed by atoms with van der Waals surface area (Å²) < 4.78 is 0. The summed E-state index contributed by atoms with van der Waals surface area (Å²) in [5, 5.41) is 3.52. The summed E-state index contributed by atoms with van der Waals surface area (Å²) in [6.07, 6.45) is 0. The number of hydrogen-bond donors (Lipinski definition) is 1. The van der Waals surface area contributed by atoms with E-state index in [1.807, 2.05) is 11.3 Å². The number of thiophene rings is 1. The highest BCUT2D eigenvalue weighted by Crippen LogP contribution is 2.22. The summed E-state index contributed by atoms with van der Waals surface area (Å²) in [7, 11) is 0. The van der Waals surface area contributed by atoms with Crippen LogP contribution in [0.15, 0.2) is 12.1 Å². The zero-order valence-electron chi connectivity index (χ0n) is 8.92. The molecule has 0 aliphatic rings. The van der Waals surface area contributed by atoms with Gasteiger partial charge in [-0.05, 0) is 38.4 Å². The Labute approximate surface area is 85.2 Å². The molecule has 1 N–H and O–H groups in total. The van der Waals surface area contributed by atoms with Crippen LogP contribution in [-0.2, 0) is 0 Å². The fraction of sp³-hybridized carbons (Fsp3) is 0.636. The van der Waals surface area contributed by atoms with Crippen molar-refractivity contribution in [3.63, 3.8) is 0 Å². The summed E-state index contributed by atoms with van der Waals surface area (Å²) in [5.41, 5.74) is 0. The molecule has 0 unspecified atom stereocenters. The number of aryl methyl sites for hydroxylation is 1. The van der Waals surface area contributed by atoms with Gasteiger partial charge in [-0.1, -0.05) is 13.8 Å². The lowest BCUT2D eigenvalue weighted by Gasteiger charge is -2.13. The maximum absolute atomic E-state index is 3.52. The minimum absolute atomic E-state index is 0.501. The van der Waals surface area contributed by atoms with Gasteiger partial charge in [-0.3, -0.25) is 0 Å². The van der Waals surface area contributed by atoms with E-state index in [9.17, 15) is 0 Å². The van der Waals surface area contributed by atoms with E-state index in [0.717, 1.165) is 12.5 Å². The molecule has 1 aromatic rings. The molecule has 1 heterocycles. The van der Waals surface area contributed by atoms with E-state index in [2.05, 4.69) is 45.1 Å². The number of nitrogens with one attached hydrogen (secondary N) is 1. The molecule has 0 aromatic carbocycles. The third kappa shape index (κ3) is 3.49. The van der Waals surface area contributed by atoms with Gasteiger partial charge < -0.3 is 5.32 Å². The van der Waals surface area contributed by atoms with Crippen LogP contribution in [0.25, 0.3) is 0 Å². The van der Waals surface area contributed by atoms with Gasteiger partial charge in [0.05, 0.1) is 0 Å². The Morgan fingerprint density at radius 3 is 2.46 bits per heavy atom. The fourth-order valence-electron chi connectivity index (χ4n) is 1.20. The Morgan fingerprint density at radius 1 is 1.31 bits per heavy atom. The zero-order chi connectivity index (χ0) is 9.84. The van der Waals surface area contributed by atoms with Crippen molar-refractivity contribution in [1.29, 1.82) is 0 Å². The zero-order valence-corrected chi connectivity index (χ0v) is 9.74. The molecule has 2 heteroatoms. The maximum atomic E-state index is 3.52. The van der Waals surface area contributed by atoms with Crippen molar-refractivity contribution >= 4 is 11.3 Å².